The minimum atomic E-state index is 0.0421. The maximum absolute atomic E-state index is 10.5. The van der Waals surface area contributed by atoms with Crippen LogP contribution in [0.1, 0.15) is 26.2 Å². The highest BCUT2D eigenvalue weighted by molar-refractivity contribution is 5.72. The van der Waals surface area contributed by atoms with E-state index in [1.165, 1.54) is 19.3 Å². The molecule has 0 aliphatic carbocycles. The number of amides is 1. The molecule has 1 heterocycles. The summed E-state index contributed by atoms with van der Waals surface area (Å²) in [5, 5.41) is 5.00. The van der Waals surface area contributed by atoms with Gasteiger partial charge in [0.1, 0.15) is 0 Å². The molecule has 0 radical (unpaired) electrons. The number of hydrogen-bond acceptors (Lipinski definition) is 3. The van der Waals surface area contributed by atoms with Crippen molar-refractivity contribution in [2.45, 2.75) is 26.2 Å². The molecule has 1 aliphatic heterocycles. The van der Waals surface area contributed by atoms with Gasteiger partial charge in [0, 0.05) is 33.1 Å². The molecule has 0 aromatic carbocycles. The van der Waals surface area contributed by atoms with Gasteiger partial charge in [0.25, 0.3) is 0 Å². The van der Waals surface area contributed by atoms with E-state index in [0.717, 1.165) is 19.6 Å². The van der Waals surface area contributed by atoms with Gasteiger partial charge in [-0.15, -0.1) is 0 Å². The molecule has 4 nitrogen and oxygen atoms in total. The van der Waals surface area contributed by atoms with Crippen molar-refractivity contribution in [3.63, 3.8) is 0 Å². The van der Waals surface area contributed by atoms with Crippen molar-refractivity contribution in [1.82, 2.24) is 15.8 Å². The smallest absolute Gasteiger partial charge is 0.216 e. The van der Waals surface area contributed by atoms with Gasteiger partial charge in [0.15, 0.2) is 0 Å². The van der Waals surface area contributed by atoms with Gasteiger partial charge >= 0.3 is 0 Å². The summed E-state index contributed by atoms with van der Waals surface area (Å²) in [6.45, 7) is 5.37. The first-order valence-corrected chi connectivity index (χ1v) is 5.02. The molecule has 4 heteroatoms. The highest BCUT2D eigenvalue weighted by Crippen LogP contribution is 2.05. The predicted octanol–water partition coefficient (Wildman–Crippen LogP) is 0.113. The molecule has 0 spiro atoms. The molecule has 1 aliphatic rings. The largest absolute Gasteiger partial charge is 0.355 e. The number of piperidine rings is 1. The Morgan fingerprint density at radius 3 is 2.54 bits per heavy atom. The van der Waals surface area contributed by atoms with Gasteiger partial charge in [-0.3, -0.25) is 10.2 Å². The maximum Gasteiger partial charge on any atom is 0.216 e. The molecule has 0 bridgehead atoms. The molecule has 0 unspecified atom stereocenters. The summed E-state index contributed by atoms with van der Waals surface area (Å²) in [6.07, 6.45) is 3.92. The van der Waals surface area contributed by atoms with Crippen molar-refractivity contribution < 1.29 is 4.79 Å². The number of nitrogens with one attached hydrogen (secondary N) is 2. The normalized spacial score (nSPS) is 18.5. The standard InChI is InChI=1S/C9H19N3O/c1-9(13)10-5-6-11-12-7-3-2-4-8-12/h11H,2-8H2,1H3,(H,10,13). The van der Waals surface area contributed by atoms with Crippen molar-refractivity contribution >= 4 is 5.91 Å². The van der Waals surface area contributed by atoms with Crippen molar-refractivity contribution in [2.75, 3.05) is 26.2 Å². The first kappa shape index (κ1) is 10.5. The molecule has 2 N–H and O–H groups in total. The van der Waals surface area contributed by atoms with Gasteiger partial charge in [0.05, 0.1) is 0 Å². The Morgan fingerprint density at radius 2 is 1.92 bits per heavy atom. The van der Waals surface area contributed by atoms with Crippen molar-refractivity contribution in [3.8, 4) is 0 Å². The van der Waals surface area contributed by atoms with E-state index in [9.17, 15) is 4.79 Å². The minimum Gasteiger partial charge on any atom is -0.355 e. The molecule has 13 heavy (non-hydrogen) atoms. The first-order valence-electron chi connectivity index (χ1n) is 5.02. The highest BCUT2D eigenvalue weighted by atomic mass is 16.1. The predicted molar refractivity (Wildman–Crippen MR) is 52.1 cm³/mol. The molecular weight excluding hydrogens is 166 g/mol. The Hall–Kier alpha value is -0.610. The van der Waals surface area contributed by atoms with Crippen molar-refractivity contribution in [3.05, 3.63) is 0 Å². The third-order valence-electron chi connectivity index (χ3n) is 2.19. The summed E-state index contributed by atoms with van der Waals surface area (Å²) in [5.41, 5.74) is 3.30. The van der Waals surface area contributed by atoms with Crippen LogP contribution < -0.4 is 10.7 Å². The van der Waals surface area contributed by atoms with Crippen molar-refractivity contribution in [2.24, 2.45) is 0 Å². The van der Waals surface area contributed by atoms with Crippen LogP contribution in [0.5, 0.6) is 0 Å². The zero-order chi connectivity index (χ0) is 9.52. The van der Waals surface area contributed by atoms with Crippen LogP contribution in [0.2, 0.25) is 0 Å². The second-order valence-corrected chi connectivity index (χ2v) is 3.44. The topological polar surface area (TPSA) is 44.4 Å². The molecular formula is C9H19N3O. The lowest BCUT2D eigenvalue weighted by molar-refractivity contribution is -0.118. The Morgan fingerprint density at radius 1 is 1.23 bits per heavy atom. The van der Waals surface area contributed by atoms with Crippen LogP contribution in [0.15, 0.2) is 0 Å². The number of hydrogen-bond donors (Lipinski definition) is 2. The van der Waals surface area contributed by atoms with Crippen LogP contribution >= 0.6 is 0 Å². The Balaban J connectivity index is 1.95. The van der Waals surface area contributed by atoms with Gasteiger partial charge in [-0.2, -0.15) is 0 Å². The molecule has 0 aromatic rings. The Labute approximate surface area is 79.6 Å². The van der Waals surface area contributed by atoms with Gasteiger partial charge in [0.2, 0.25) is 5.91 Å². The van der Waals surface area contributed by atoms with Crippen LogP contribution in [-0.2, 0) is 4.79 Å². The fourth-order valence-electron chi connectivity index (χ4n) is 1.50. The quantitative estimate of drug-likeness (QED) is 0.611. The first-order chi connectivity index (χ1) is 6.29. The minimum absolute atomic E-state index is 0.0421. The molecule has 0 aromatic heterocycles. The zero-order valence-corrected chi connectivity index (χ0v) is 8.31. The van der Waals surface area contributed by atoms with E-state index in [0.29, 0.717) is 6.54 Å². The summed E-state index contributed by atoms with van der Waals surface area (Å²) in [4.78, 5) is 10.5. The lowest BCUT2D eigenvalue weighted by Gasteiger charge is -2.27. The second kappa shape index (κ2) is 5.94. The van der Waals surface area contributed by atoms with E-state index in [1.807, 2.05) is 0 Å². The average molecular weight is 185 g/mol. The maximum atomic E-state index is 10.5. The van der Waals surface area contributed by atoms with Crippen LogP contribution in [0.25, 0.3) is 0 Å². The third-order valence-corrected chi connectivity index (χ3v) is 2.19. The Kier molecular flexibility index (Phi) is 4.78. The van der Waals surface area contributed by atoms with Crippen LogP contribution in [0.4, 0.5) is 0 Å². The highest BCUT2D eigenvalue weighted by Gasteiger charge is 2.07. The molecule has 1 rings (SSSR count). The van der Waals surface area contributed by atoms with Crippen LogP contribution in [0.3, 0.4) is 0 Å². The van der Waals surface area contributed by atoms with E-state index in [-0.39, 0.29) is 5.91 Å². The van der Waals surface area contributed by atoms with Crippen molar-refractivity contribution in [1.29, 1.82) is 0 Å². The third kappa shape index (κ3) is 4.85. The summed E-state index contributed by atoms with van der Waals surface area (Å²) in [5.74, 6) is 0.0421. The molecule has 1 amide bonds. The van der Waals surface area contributed by atoms with E-state index in [1.54, 1.807) is 6.92 Å². The summed E-state index contributed by atoms with van der Waals surface area (Å²) in [6, 6.07) is 0. The average Bonchev–Trinajstić information content (AvgIpc) is 2.14. The van der Waals surface area contributed by atoms with Crippen LogP contribution in [0, 0.1) is 0 Å². The number of carbonyl (C=O) groups is 1. The van der Waals surface area contributed by atoms with E-state index in [2.05, 4.69) is 15.8 Å². The molecule has 76 valence electrons. The van der Waals surface area contributed by atoms with E-state index >= 15 is 0 Å². The fraction of sp³-hybridized carbons (Fsp3) is 0.889. The molecule has 0 saturated carbocycles. The SMILES string of the molecule is CC(=O)NCCNN1CCCCC1. The number of carbonyl (C=O) groups excluding carboxylic acids is 1. The van der Waals surface area contributed by atoms with Crippen LogP contribution in [-0.4, -0.2) is 37.1 Å². The summed E-state index contributed by atoms with van der Waals surface area (Å²) >= 11 is 0. The number of rotatable bonds is 4. The number of nitrogens with zero attached hydrogens (tertiary/aromatic N) is 1. The van der Waals surface area contributed by atoms with Gasteiger partial charge < -0.3 is 5.32 Å². The van der Waals surface area contributed by atoms with Gasteiger partial charge in [-0.05, 0) is 12.8 Å². The van der Waals surface area contributed by atoms with Gasteiger partial charge in [-0.25, -0.2) is 5.01 Å². The zero-order valence-electron chi connectivity index (χ0n) is 8.31. The lowest BCUT2D eigenvalue weighted by atomic mass is 10.2. The van der Waals surface area contributed by atoms with Gasteiger partial charge in [-0.1, -0.05) is 6.42 Å². The van der Waals surface area contributed by atoms with E-state index < -0.39 is 0 Å². The number of hydrazine groups is 1. The lowest BCUT2D eigenvalue weighted by Crippen LogP contribution is -2.44. The second-order valence-electron chi connectivity index (χ2n) is 3.44. The Bertz CT molecular complexity index is 155. The molecule has 1 saturated heterocycles. The fourth-order valence-corrected chi connectivity index (χ4v) is 1.50. The molecule has 0 atom stereocenters. The molecule has 1 fully saturated rings. The van der Waals surface area contributed by atoms with E-state index in [4.69, 9.17) is 0 Å². The monoisotopic (exact) mass is 185 g/mol. The summed E-state index contributed by atoms with van der Waals surface area (Å²) in [7, 11) is 0. The summed E-state index contributed by atoms with van der Waals surface area (Å²) < 4.78 is 0.